The lowest BCUT2D eigenvalue weighted by molar-refractivity contribution is 0.141. The van der Waals surface area contributed by atoms with E-state index in [1.54, 1.807) is 0 Å². The molecule has 2 fully saturated rings. The highest BCUT2D eigenvalue weighted by Crippen LogP contribution is 2.29. The molecule has 3 unspecified atom stereocenters. The quantitative estimate of drug-likeness (QED) is 0.810. The van der Waals surface area contributed by atoms with E-state index >= 15 is 0 Å². The number of nitrogens with one attached hydrogen (secondary N) is 1. The minimum absolute atomic E-state index is 0.759. The van der Waals surface area contributed by atoms with E-state index in [-0.39, 0.29) is 0 Å². The molecule has 0 amide bonds. The SMILES string of the molecule is CCCC1CN(CC2CCCC(C)C2)CCN1. The summed E-state index contributed by atoms with van der Waals surface area (Å²) in [4.78, 5) is 2.72. The van der Waals surface area contributed by atoms with Crippen LogP contribution in [0.1, 0.15) is 52.4 Å². The van der Waals surface area contributed by atoms with Crippen molar-refractivity contribution in [3.8, 4) is 0 Å². The van der Waals surface area contributed by atoms with Gasteiger partial charge in [-0.15, -0.1) is 0 Å². The topological polar surface area (TPSA) is 15.3 Å². The van der Waals surface area contributed by atoms with Crippen molar-refractivity contribution in [2.24, 2.45) is 11.8 Å². The largest absolute Gasteiger partial charge is 0.311 e. The van der Waals surface area contributed by atoms with Crippen molar-refractivity contribution >= 4 is 0 Å². The predicted octanol–water partition coefficient (Wildman–Crippen LogP) is 2.89. The van der Waals surface area contributed by atoms with Gasteiger partial charge in [0, 0.05) is 32.2 Å². The second kappa shape index (κ2) is 6.75. The van der Waals surface area contributed by atoms with Crippen LogP contribution in [0.3, 0.4) is 0 Å². The van der Waals surface area contributed by atoms with Crippen molar-refractivity contribution in [3.63, 3.8) is 0 Å². The third-order valence-electron chi connectivity index (χ3n) is 4.54. The van der Waals surface area contributed by atoms with Crippen LogP contribution in [-0.4, -0.2) is 37.1 Å². The maximum Gasteiger partial charge on any atom is 0.0195 e. The van der Waals surface area contributed by atoms with E-state index < -0.39 is 0 Å². The lowest BCUT2D eigenvalue weighted by Crippen LogP contribution is -2.51. The molecule has 2 rings (SSSR count). The smallest absolute Gasteiger partial charge is 0.0195 e. The van der Waals surface area contributed by atoms with Crippen molar-refractivity contribution in [2.75, 3.05) is 26.2 Å². The van der Waals surface area contributed by atoms with E-state index in [2.05, 4.69) is 24.1 Å². The third-order valence-corrected chi connectivity index (χ3v) is 4.54. The van der Waals surface area contributed by atoms with E-state index in [4.69, 9.17) is 0 Å². The summed E-state index contributed by atoms with van der Waals surface area (Å²) in [6.07, 6.45) is 8.55. The maximum atomic E-state index is 3.65. The predicted molar refractivity (Wildman–Crippen MR) is 74.3 cm³/mol. The van der Waals surface area contributed by atoms with Crippen LogP contribution in [0.15, 0.2) is 0 Å². The Labute approximate surface area is 107 Å². The molecule has 1 saturated carbocycles. The zero-order valence-electron chi connectivity index (χ0n) is 11.8. The molecular weight excluding hydrogens is 208 g/mol. The summed E-state index contributed by atoms with van der Waals surface area (Å²) < 4.78 is 0. The molecule has 1 heterocycles. The van der Waals surface area contributed by atoms with Gasteiger partial charge in [0.15, 0.2) is 0 Å². The van der Waals surface area contributed by atoms with Crippen LogP contribution in [0.4, 0.5) is 0 Å². The Morgan fingerprint density at radius 2 is 2.18 bits per heavy atom. The molecule has 2 aliphatic rings. The van der Waals surface area contributed by atoms with Crippen LogP contribution in [0.25, 0.3) is 0 Å². The molecular formula is C15H30N2. The molecule has 17 heavy (non-hydrogen) atoms. The number of rotatable bonds is 4. The molecule has 0 aromatic rings. The molecule has 2 heteroatoms. The average Bonchev–Trinajstić information content (AvgIpc) is 2.30. The van der Waals surface area contributed by atoms with Crippen molar-refractivity contribution < 1.29 is 0 Å². The zero-order chi connectivity index (χ0) is 12.1. The Balaban J connectivity index is 1.74. The molecule has 0 aromatic heterocycles. The van der Waals surface area contributed by atoms with Gasteiger partial charge in [0.05, 0.1) is 0 Å². The first-order valence-electron chi connectivity index (χ1n) is 7.73. The molecule has 0 aromatic carbocycles. The zero-order valence-corrected chi connectivity index (χ0v) is 11.8. The monoisotopic (exact) mass is 238 g/mol. The van der Waals surface area contributed by atoms with Crippen LogP contribution in [0, 0.1) is 11.8 Å². The van der Waals surface area contributed by atoms with Gasteiger partial charge in [-0.3, -0.25) is 0 Å². The minimum Gasteiger partial charge on any atom is -0.311 e. The highest BCUT2D eigenvalue weighted by Gasteiger charge is 2.24. The molecule has 100 valence electrons. The first-order valence-corrected chi connectivity index (χ1v) is 7.73. The molecule has 0 radical (unpaired) electrons. The van der Waals surface area contributed by atoms with Crippen LogP contribution < -0.4 is 5.32 Å². The summed E-state index contributed by atoms with van der Waals surface area (Å²) in [6.45, 7) is 9.86. The summed E-state index contributed by atoms with van der Waals surface area (Å²) in [6, 6.07) is 0.759. The summed E-state index contributed by atoms with van der Waals surface area (Å²) in [5.74, 6) is 1.96. The summed E-state index contributed by atoms with van der Waals surface area (Å²) in [5.41, 5.74) is 0. The Morgan fingerprint density at radius 3 is 2.94 bits per heavy atom. The van der Waals surface area contributed by atoms with Crippen molar-refractivity contribution in [3.05, 3.63) is 0 Å². The molecule has 1 N–H and O–H groups in total. The number of nitrogens with zero attached hydrogens (tertiary/aromatic N) is 1. The van der Waals surface area contributed by atoms with Crippen LogP contribution in [0.2, 0.25) is 0 Å². The van der Waals surface area contributed by atoms with Gasteiger partial charge in [0.25, 0.3) is 0 Å². The van der Waals surface area contributed by atoms with Crippen LogP contribution in [0.5, 0.6) is 0 Å². The van der Waals surface area contributed by atoms with Gasteiger partial charge in [0.2, 0.25) is 0 Å². The lowest BCUT2D eigenvalue weighted by Gasteiger charge is -2.37. The fourth-order valence-electron chi connectivity index (χ4n) is 3.69. The standard InChI is InChI=1S/C15H30N2/c1-3-5-15-12-17(9-8-16-15)11-14-7-4-6-13(2)10-14/h13-16H,3-12H2,1-2H3. The Kier molecular flexibility index (Phi) is 5.30. The van der Waals surface area contributed by atoms with Gasteiger partial charge in [-0.1, -0.05) is 33.1 Å². The molecule has 0 spiro atoms. The van der Waals surface area contributed by atoms with Gasteiger partial charge in [-0.2, -0.15) is 0 Å². The van der Waals surface area contributed by atoms with Gasteiger partial charge >= 0.3 is 0 Å². The highest BCUT2D eigenvalue weighted by molar-refractivity contribution is 4.81. The number of hydrogen-bond acceptors (Lipinski definition) is 2. The minimum atomic E-state index is 0.759. The number of piperazine rings is 1. The van der Waals surface area contributed by atoms with Crippen molar-refractivity contribution in [1.82, 2.24) is 10.2 Å². The molecule has 1 aliphatic heterocycles. The average molecular weight is 238 g/mol. The van der Waals surface area contributed by atoms with E-state index in [1.807, 2.05) is 0 Å². The van der Waals surface area contributed by atoms with E-state index in [9.17, 15) is 0 Å². The van der Waals surface area contributed by atoms with E-state index in [0.29, 0.717) is 0 Å². The normalized spacial score (nSPS) is 36.0. The molecule has 1 aliphatic carbocycles. The summed E-state index contributed by atoms with van der Waals surface area (Å²) in [7, 11) is 0. The summed E-state index contributed by atoms with van der Waals surface area (Å²) in [5, 5.41) is 3.65. The van der Waals surface area contributed by atoms with Crippen LogP contribution in [-0.2, 0) is 0 Å². The van der Waals surface area contributed by atoms with Crippen molar-refractivity contribution in [2.45, 2.75) is 58.4 Å². The second-order valence-corrected chi connectivity index (χ2v) is 6.34. The Bertz CT molecular complexity index is 215. The molecule has 1 saturated heterocycles. The fourth-order valence-corrected chi connectivity index (χ4v) is 3.69. The summed E-state index contributed by atoms with van der Waals surface area (Å²) >= 11 is 0. The van der Waals surface area contributed by atoms with Gasteiger partial charge in [0.1, 0.15) is 0 Å². The molecule has 3 atom stereocenters. The fraction of sp³-hybridized carbons (Fsp3) is 1.00. The molecule has 0 bridgehead atoms. The maximum absolute atomic E-state index is 3.65. The first-order chi connectivity index (χ1) is 8.28. The first kappa shape index (κ1) is 13.4. The Morgan fingerprint density at radius 1 is 1.29 bits per heavy atom. The van der Waals surface area contributed by atoms with Gasteiger partial charge < -0.3 is 10.2 Å². The van der Waals surface area contributed by atoms with E-state index in [0.717, 1.165) is 17.9 Å². The highest BCUT2D eigenvalue weighted by atomic mass is 15.2. The molecule has 2 nitrogen and oxygen atoms in total. The van der Waals surface area contributed by atoms with Crippen molar-refractivity contribution in [1.29, 1.82) is 0 Å². The van der Waals surface area contributed by atoms with E-state index in [1.165, 1.54) is 64.7 Å². The van der Waals surface area contributed by atoms with Gasteiger partial charge in [-0.05, 0) is 31.1 Å². The lowest BCUT2D eigenvalue weighted by atomic mass is 9.82. The number of hydrogen-bond donors (Lipinski definition) is 1. The second-order valence-electron chi connectivity index (χ2n) is 6.34. The van der Waals surface area contributed by atoms with Gasteiger partial charge in [-0.25, -0.2) is 0 Å². The Hall–Kier alpha value is -0.0800. The third kappa shape index (κ3) is 4.26. The van der Waals surface area contributed by atoms with Crippen LogP contribution >= 0.6 is 0 Å².